The van der Waals surface area contributed by atoms with Gasteiger partial charge in [-0.1, -0.05) is 6.07 Å². The van der Waals surface area contributed by atoms with Crippen molar-refractivity contribution in [3.05, 3.63) is 34.6 Å². The molecule has 0 saturated carbocycles. The summed E-state index contributed by atoms with van der Waals surface area (Å²) in [6, 6.07) is 2.88. The molecule has 1 aromatic rings. The summed E-state index contributed by atoms with van der Waals surface area (Å²) in [5.74, 6) is -1.86. The van der Waals surface area contributed by atoms with Gasteiger partial charge in [0.05, 0.1) is 5.56 Å². The Kier molecular flexibility index (Phi) is 2.13. The molecule has 64 valence electrons. The second kappa shape index (κ2) is 2.93. The summed E-state index contributed by atoms with van der Waals surface area (Å²) in [7, 11) is 0. The first-order valence-electron chi connectivity index (χ1n) is 3.53. The lowest BCUT2D eigenvalue weighted by molar-refractivity contribution is 0.0691. The first-order chi connectivity index (χ1) is 5.54. The van der Waals surface area contributed by atoms with Crippen LogP contribution in [0.3, 0.4) is 0 Å². The average Bonchev–Trinajstić information content (AvgIpc) is 2.00. The monoisotopic (exact) mass is 168 g/mol. The lowest BCUT2D eigenvalue weighted by atomic mass is 10.1. The Morgan fingerprint density at radius 2 is 2.00 bits per heavy atom. The highest BCUT2D eigenvalue weighted by Crippen LogP contribution is 2.15. The Morgan fingerprint density at radius 3 is 2.50 bits per heavy atom. The molecule has 0 spiro atoms. The predicted octanol–water partition coefficient (Wildman–Crippen LogP) is 2.14. The van der Waals surface area contributed by atoms with Crippen molar-refractivity contribution in [2.75, 3.05) is 0 Å². The molecule has 0 radical (unpaired) electrons. The Hall–Kier alpha value is -1.38. The first-order valence-corrected chi connectivity index (χ1v) is 3.53. The van der Waals surface area contributed by atoms with E-state index in [1.165, 1.54) is 6.07 Å². The van der Waals surface area contributed by atoms with Crippen molar-refractivity contribution in [3.63, 3.8) is 0 Å². The minimum Gasteiger partial charge on any atom is -0.478 e. The summed E-state index contributed by atoms with van der Waals surface area (Å²) in [6.45, 7) is 3.31. The predicted molar refractivity (Wildman–Crippen MR) is 42.8 cm³/mol. The zero-order valence-electron chi connectivity index (χ0n) is 6.89. The third-order valence-electron chi connectivity index (χ3n) is 1.89. The van der Waals surface area contributed by atoms with Gasteiger partial charge in [-0.3, -0.25) is 0 Å². The van der Waals surface area contributed by atoms with E-state index >= 15 is 0 Å². The van der Waals surface area contributed by atoms with Crippen LogP contribution in [-0.4, -0.2) is 11.1 Å². The lowest BCUT2D eigenvalue weighted by Crippen LogP contribution is -2.02. The largest absolute Gasteiger partial charge is 0.478 e. The quantitative estimate of drug-likeness (QED) is 0.697. The van der Waals surface area contributed by atoms with Crippen LogP contribution in [0.25, 0.3) is 0 Å². The maximum Gasteiger partial charge on any atom is 0.338 e. The van der Waals surface area contributed by atoms with E-state index in [1.807, 2.05) is 0 Å². The number of aromatic carboxylic acids is 1. The number of hydrogen-bond donors (Lipinski definition) is 1. The van der Waals surface area contributed by atoms with E-state index < -0.39 is 11.8 Å². The summed E-state index contributed by atoms with van der Waals surface area (Å²) in [5, 5.41) is 8.54. The van der Waals surface area contributed by atoms with Gasteiger partial charge in [0, 0.05) is 0 Å². The summed E-state index contributed by atoms with van der Waals surface area (Å²) < 4.78 is 13.1. The number of carbonyl (C=O) groups is 1. The molecule has 12 heavy (non-hydrogen) atoms. The van der Waals surface area contributed by atoms with Crippen LogP contribution in [0.5, 0.6) is 0 Å². The number of rotatable bonds is 1. The molecule has 0 atom stereocenters. The molecule has 0 aliphatic heterocycles. The highest BCUT2D eigenvalue weighted by Gasteiger charge is 2.12. The molecule has 2 nitrogen and oxygen atoms in total. The maximum absolute atomic E-state index is 13.1. The highest BCUT2D eigenvalue weighted by atomic mass is 19.1. The third-order valence-corrected chi connectivity index (χ3v) is 1.89. The zero-order chi connectivity index (χ0) is 9.30. The van der Waals surface area contributed by atoms with Crippen molar-refractivity contribution in [2.45, 2.75) is 13.8 Å². The van der Waals surface area contributed by atoms with E-state index in [-0.39, 0.29) is 5.56 Å². The first kappa shape index (κ1) is 8.71. The van der Waals surface area contributed by atoms with Crippen LogP contribution in [-0.2, 0) is 0 Å². The minimum atomic E-state index is -1.23. The summed E-state index contributed by atoms with van der Waals surface area (Å²) in [5.41, 5.74) is 0.894. The van der Waals surface area contributed by atoms with Crippen molar-refractivity contribution in [3.8, 4) is 0 Å². The number of hydrogen-bond acceptors (Lipinski definition) is 1. The molecule has 0 heterocycles. The van der Waals surface area contributed by atoms with Crippen molar-refractivity contribution in [2.24, 2.45) is 0 Å². The molecular formula is C9H9FO2. The normalized spacial score (nSPS) is 9.92. The van der Waals surface area contributed by atoms with Gasteiger partial charge in [-0.05, 0) is 31.0 Å². The number of aryl methyl sites for hydroxylation is 1. The second-order valence-corrected chi connectivity index (χ2v) is 2.67. The van der Waals surface area contributed by atoms with Crippen LogP contribution < -0.4 is 0 Å². The molecule has 1 N–H and O–H groups in total. The summed E-state index contributed by atoms with van der Waals surface area (Å²) in [4.78, 5) is 10.4. The van der Waals surface area contributed by atoms with Gasteiger partial charge in [-0.15, -0.1) is 0 Å². The van der Waals surface area contributed by atoms with Crippen molar-refractivity contribution >= 4 is 5.97 Å². The standard InChI is InChI=1S/C9H9FO2/c1-5-3-4-7(9(11)12)8(10)6(5)2/h3-4H,1-2H3,(H,11,12). The van der Waals surface area contributed by atoms with E-state index in [2.05, 4.69) is 0 Å². The molecule has 0 aliphatic rings. The van der Waals surface area contributed by atoms with Crippen LogP contribution in [0.4, 0.5) is 4.39 Å². The SMILES string of the molecule is Cc1ccc(C(=O)O)c(F)c1C. The van der Waals surface area contributed by atoms with Gasteiger partial charge < -0.3 is 5.11 Å². The minimum absolute atomic E-state index is 0.266. The topological polar surface area (TPSA) is 37.3 Å². The van der Waals surface area contributed by atoms with E-state index in [0.717, 1.165) is 5.56 Å². The van der Waals surface area contributed by atoms with E-state index in [9.17, 15) is 9.18 Å². The Bertz CT molecular complexity index is 332. The van der Waals surface area contributed by atoms with Crippen LogP contribution in [0.1, 0.15) is 21.5 Å². The second-order valence-electron chi connectivity index (χ2n) is 2.67. The van der Waals surface area contributed by atoms with Crippen LogP contribution in [0.15, 0.2) is 12.1 Å². The third kappa shape index (κ3) is 1.30. The molecule has 1 aromatic carbocycles. The van der Waals surface area contributed by atoms with Gasteiger partial charge in [-0.25, -0.2) is 9.18 Å². The van der Waals surface area contributed by atoms with Crippen molar-refractivity contribution in [1.82, 2.24) is 0 Å². The van der Waals surface area contributed by atoms with Crippen molar-refractivity contribution < 1.29 is 14.3 Å². The Labute approximate surface area is 69.6 Å². The molecule has 0 bridgehead atoms. The molecule has 0 saturated heterocycles. The number of carboxylic acid groups (broad SMARTS) is 1. The van der Waals surface area contributed by atoms with Gasteiger partial charge in [0.25, 0.3) is 0 Å². The summed E-state index contributed by atoms with van der Waals surface area (Å²) in [6.07, 6.45) is 0. The fourth-order valence-corrected chi connectivity index (χ4v) is 0.947. The summed E-state index contributed by atoms with van der Waals surface area (Å²) >= 11 is 0. The zero-order valence-corrected chi connectivity index (χ0v) is 6.89. The highest BCUT2D eigenvalue weighted by molar-refractivity contribution is 5.88. The molecule has 0 amide bonds. The molecule has 3 heteroatoms. The van der Waals surface area contributed by atoms with Gasteiger partial charge in [0.2, 0.25) is 0 Å². The fourth-order valence-electron chi connectivity index (χ4n) is 0.947. The van der Waals surface area contributed by atoms with Gasteiger partial charge in [0.1, 0.15) is 5.82 Å². The van der Waals surface area contributed by atoms with Crippen LogP contribution in [0, 0.1) is 19.7 Å². The van der Waals surface area contributed by atoms with E-state index in [0.29, 0.717) is 5.56 Å². The smallest absolute Gasteiger partial charge is 0.338 e. The van der Waals surface area contributed by atoms with E-state index in [1.54, 1.807) is 19.9 Å². The Balaban J connectivity index is 3.36. The van der Waals surface area contributed by atoms with Crippen molar-refractivity contribution in [1.29, 1.82) is 0 Å². The fraction of sp³-hybridized carbons (Fsp3) is 0.222. The van der Waals surface area contributed by atoms with E-state index in [4.69, 9.17) is 5.11 Å². The molecule has 0 aliphatic carbocycles. The number of benzene rings is 1. The maximum atomic E-state index is 13.1. The van der Waals surface area contributed by atoms with Crippen LogP contribution >= 0.6 is 0 Å². The molecule has 0 aromatic heterocycles. The number of carboxylic acids is 1. The van der Waals surface area contributed by atoms with Gasteiger partial charge in [0.15, 0.2) is 0 Å². The molecule has 0 unspecified atom stereocenters. The molecular weight excluding hydrogens is 159 g/mol. The number of halogens is 1. The van der Waals surface area contributed by atoms with Crippen LogP contribution in [0.2, 0.25) is 0 Å². The van der Waals surface area contributed by atoms with Gasteiger partial charge >= 0.3 is 5.97 Å². The molecule has 1 rings (SSSR count). The Morgan fingerprint density at radius 1 is 1.42 bits per heavy atom. The average molecular weight is 168 g/mol. The lowest BCUT2D eigenvalue weighted by Gasteiger charge is -2.03. The molecule has 0 fully saturated rings. The van der Waals surface area contributed by atoms with Gasteiger partial charge in [-0.2, -0.15) is 0 Å².